The van der Waals surface area contributed by atoms with Gasteiger partial charge in [0.25, 0.3) is 0 Å². The van der Waals surface area contributed by atoms with Gasteiger partial charge in [-0.3, -0.25) is 0 Å². The Balaban J connectivity index is 2.21. The van der Waals surface area contributed by atoms with Crippen LogP contribution >= 0.6 is 23.2 Å². The predicted molar refractivity (Wildman–Crippen MR) is 68.5 cm³/mol. The molecule has 0 amide bonds. The highest BCUT2D eigenvalue weighted by atomic mass is 35.5. The van der Waals surface area contributed by atoms with Gasteiger partial charge in [0.1, 0.15) is 5.15 Å². The maximum Gasteiger partial charge on any atom is 0.127 e. The van der Waals surface area contributed by atoms with Crippen LogP contribution in [-0.2, 0) is 17.9 Å². The SMILES string of the molecule is COCc1cc(Cl)n(Cc2ccccc2Cl)n1. The molecule has 2 aromatic rings. The molecule has 17 heavy (non-hydrogen) atoms. The molecular formula is C12H12Cl2N2O. The fraction of sp³-hybridized carbons (Fsp3) is 0.250. The Morgan fingerprint density at radius 2 is 2.06 bits per heavy atom. The number of nitrogens with zero attached hydrogens (tertiary/aromatic N) is 2. The topological polar surface area (TPSA) is 27.1 Å². The lowest BCUT2D eigenvalue weighted by atomic mass is 10.2. The fourth-order valence-electron chi connectivity index (χ4n) is 1.56. The lowest BCUT2D eigenvalue weighted by Crippen LogP contribution is -2.03. The van der Waals surface area contributed by atoms with E-state index < -0.39 is 0 Å². The van der Waals surface area contributed by atoms with E-state index in [0.29, 0.717) is 23.3 Å². The van der Waals surface area contributed by atoms with Gasteiger partial charge in [0.15, 0.2) is 0 Å². The first-order valence-corrected chi connectivity index (χ1v) is 5.91. The average Bonchev–Trinajstić information content (AvgIpc) is 2.63. The molecule has 1 aromatic carbocycles. The average molecular weight is 271 g/mol. The van der Waals surface area contributed by atoms with Crippen LogP contribution in [0, 0.1) is 0 Å². The maximum atomic E-state index is 6.09. The van der Waals surface area contributed by atoms with E-state index in [0.717, 1.165) is 11.3 Å². The van der Waals surface area contributed by atoms with Crippen LogP contribution in [0.25, 0.3) is 0 Å². The third-order valence-corrected chi connectivity index (χ3v) is 3.02. The summed E-state index contributed by atoms with van der Waals surface area (Å²) in [5.41, 5.74) is 1.80. The lowest BCUT2D eigenvalue weighted by molar-refractivity contribution is 0.181. The van der Waals surface area contributed by atoms with Crippen LogP contribution in [0.4, 0.5) is 0 Å². The molecule has 0 fully saturated rings. The molecule has 0 bridgehead atoms. The summed E-state index contributed by atoms with van der Waals surface area (Å²) < 4.78 is 6.72. The zero-order valence-electron chi connectivity index (χ0n) is 9.36. The van der Waals surface area contributed by atoms with Crippen LogP contribution in [0.2, 0.25) is 10.2 Å². The van der Waals surface area contributed by atoms with Crippen molar-refractivity contribution in [1.82, 2.24) is 9.78 Å². The highest BCUT2D eigenvalue weighted by Gasteiger charge is 2.07. The van der Waals surface area contributed by atoms with Crippen molar-refractivity contribution in [3.05, 3.63) is 51.8 Å². The standard InChI is InChI=1S/C12H12Cl2N2O/c1-17-8-10-6-12(14)16(15-10)7-9-4-2-3-5-11(9)13/h2-6H,7-8H2,1H3. The minimum atomic E-state index is 0.454. The third kappa shape index (κ3) is 3.00. The molecule has 1 aromatic heterocycles. The Bertz CT molecular complexity index is 511. The van der Waals surface area contributed by atoms with Crippen LogP contribution in [0.15, 0.2) is 30.3 Å². The normalized spacial score (nSPS) is 10.8. The molecule has 0 aliphatic carbocycles. The van der Waals surface area contributed by atoms with Crippen molar-refractivity contribution in [2.75, 3.05) is 7.11 Å². The van der Waals surface area contributed by atoms with Crippen molar-refractivity contribution in [1.29, 1.82) is 0 Å². The van der Waals surface area contributed by atoms with E-state index in [1.807, 2.05) is 24.3 Å². The number of hydrogen-bond donors (Lipinski definition) is 0. The van der Waals surface area contributed by atoms with Crippen molar-refractivity contribution < 1.29 is 4.74 Å². The molecule has 0 unspecified atom stereocenters. The second-order valence-corrected chi connectivity index (χ2v) is 4.43. The molecule has 0 saturated heterocycles. The summed E-state index contributed by atoms with van der Waals surface area (Å²) in [4.78, 5) is 0. The number of rotatable bonds is 4. The Morgan fingerprint density at radius 1 is 1.29 bits per heavy atom. The predicted octanol–water partition coefficient (Wildman–Crippen LogP) is 3.38. The Hall–Kier alpha value is -1.03. The van der Waals surface area contributed by atoms with Gasteiger partial charge >= 0.3 is 0 Å². The summed E-state index contributed by atoms with van der Waals surface area (Å²) in [5, 5.41) is 5.63. The highest BCUT2D eigenvalue weighted by Crippen LogP contribution is 2.19. The van der Waals surface area contributed by atoms with Gasteiger partial charge in [0.2, 0.25) is 0 Å². The van der Waals surface area contributed by atoms with Gasteiger partial charge in [-0.05, 0) is 11.6 Å². The highest BCUT2D eigenvalue weighted by molar-refractivity contribution is 6.31. The van der Waals surface area contributed by atoms with Crippen LogP contribution in [-0.4, -0.2) is 16.9 Å². The van der Waals surface area contributed by atoms with Gasteiger partial charge < -0.3 is 4.74 Å². The minimum absolute atomic E-state index is 0.454. The Morgan fingerprint density at radius 3 is 2.76 bits per heavy atom. The first-order valence-electron chi connectivity index (χ1n) is 5.15. The van der Waals surface area contributed by atoms with Gasteiger partial charge in [0, 0.05) is 18.2 Å². The van der Waals surface area contributed by atoms with Gasteiger partial charge in [-0.25, -0.2) is 4.68 Å². The quantitative estimate of drug-likeness (QED) is 0.852. The second kappa shape index (κ2) is 5.54. The first-order chi connectivity index (χ1) is 8.20. The summed E-state index contributed by atoms with van der Waals surface area (Å²) in [7, 11) is 1.63. The molecule has 5 heteroatoms. The van der Waals surface area contributed by atoms with Crippen molar-refractivity contribution >= 4 is 23.2 Å². The molecule has 0 aliphatic rings. The Kier molecular flexibility index (Phi) is 4.05. The van der Waals surface area contributed by atoms with Crippen molar-refractivity contribution in [2.45, 2.75) is 13.2 Å². The van der Waals surface area contributed by atoms with Crippen LogP contribution in [0.5, 0.6) is 0 Å². The number of methoxy groups -OCH3 is 1. The molecule has 2 rings (SSSR count). The van der Waals surface area contributed by atoms with Crippen LogP contribution < -0.4 is 0 Å². The van der Waals surface area contributed by atoms with E-state index in [2.05, 4.69) is 5.10 Å². The van der Waals surface area contributed by atoms with Crippen molar-refractivity contribution in [3.63, 3.8) is 0 Å². The molecule has 0 radical (unpaired) electrons. The van der Waals surface area contributed by atoms with Gasteiger partial charge in [-0.1, -0.05) is 41.4 Å². The smallest absolute Gasteiger partial charge is 0.127 e. The number of aromatic nitrogens is 2. The number of benzene rings is 1. The second-order valence-electron chi connectivity index (χ2n) is 3.64. The molecule has 0 atom stereocenters. The molecule has 90 valence electrons. The van der Waals surface area contributed by atoms with E-state index in [9.17, 15) is 0 Å². The number of hydrogen-bond acceptors (Lipinski definition) is 2. The summed E-state index contributed by atoms with van der Waals surface area (Å²) in [6, 6.07) is 9.43. The molecule has 3 nitrogen and oxygen atoms in total. The van der Waals surface area contributed by atoms with E-state index >= 15 is 0 Å². The summed E-state index contributed by atoms with van der Waals surface area (Å²) in [5.74, 6) is 0. The van der Waals surface area contributed by atoms with E-state index in [-0.39, 0.29) is 0 Å². The molecule has 0 N–H and O–H groups in total. The maximum absolute atomic E-state index is 6.09. The molecule has 0 aliphatic heterocycles. The fourth-order valence-corrected chi connectivity index (χ4v) is 1.98. The molecular weight excluding hydrogens is 259 g/mol. The third-order valence-electron chi connectivity index (χ3n) is 2.35. The summed E-state index contributed by atoms with van der Waals surface area (Å²) in [6.45, 7) is 1.01. The minimum Gasteiger partial charge on any atom is -0.378 e. The molecule has 0 saturated carbocycles. The van der Waals surface area contributed by atoms with Crippen LogP contribution in [0.1, 0.15) is 11.3 Å². The van der Waals surface area contributed by atoms with Gasteiger partial charge in [0.05, 0.1) is 18.8 Å². The van der Waals surface area contributed by atoms with Gasteiger partial charge in [-0.2, -0.15) is 5.10 Å². The number of halogens is 2. The molecule has 0 spiro atoms. The largest absolute Gasteiger partial charge is 0.378 e. The zero-order valence-corrected chi connectivity index (χ0v) is 10.9. The van der Waals surface area contributed by atoms with E-state index in [4.69, 9.17) is 27.9 Å². The monoisotopic (exact) mass is 270 g/mol. The lowest BCUT2D eigenvalue weighted by Gasteiger charge is -2.05. The summed E-state index contributed by atoms with van der Waals surface area (Å²) in [6.07, 6.45) is 0. The molecule has 1 heterocycles. The van der Waals surface area contributed by atoms with Crippen molar-refractivity contribution in [2.24, 2.45) is 0 Å². The van der Waals surface area contributed by atoms with E-state index in [1.165, 1.54) is 0 Å². The van der Waals surface area contributed by atoms with Gasteiger partial charge in [-0.15, -0.1) is 0 Å². The van der Waals surface area contributed by atoms with E-state index in [1.54, 1.807) is 17.9 Å². The first kappa shape index (κ1) is 12.4. The van der Waals surface area contributed by atoms with Crippen molar-refractivity contribution in [3.8, 4) is 0 Å². The summed E-state index contributed by atoms with van der Waals surface area (Å²) >= 11 is 12.2. The number of ether oxygens (including phenoxy) is 1. The van der Waals surface area contributed by atoms with Crippen LogP contribution in [0.3, 0.4) is 0 Å². The Labute approximate surface area is 110 Å². The zero-order chi connectivity index (χ0) is 12.3.